The van der Waals surface area contributed by atoms with Crippen LogP contribution in [0.25, 0.3) is 0 Å². The van der Waals surface area contributed by atoms with Crippen molar-refractivity contribution in [2.75, 3.05) is 5.32 Å². The molecule has 76 valence electrons. The van der Waals surface area contributed by atoms with Crippen LogP contribution in [-0.2, 0) is 17.6 Å². The van der Waals surface area contributed by atoms with Gasteiger partial charge >= 0.3 is 0 Å². The number of carbonyl (C=O) groups is 1. The maximum Gasteiger partial charge on any atom is 0.221 e. The number of amides is 1. The molecule has 0 radical (unpaired) electrons. The number of hydrogen-bond acceptors (Lipinski definition) is 1. The molecule has 0 bridgehead atoms. The van der Waals surface area contributed by atoms with Gasteiger partial charge in [-0.15, -0.1) is 0 Å². The molecule has 0 unspecified atom stereocenters. The van der Waals surface area contributed by atoms with Gasteiger partial charge in [0.25, 0.3) is 0 Å². The molecule has 1 rings (SSSR count). The fourth-order valence-corrected chi connectivity index (χ4v) is 1.58. The third-order valence-electron chi connectivity index (χ3n) is 2.30. The molecule has 0 aliphatic heterocycles. The predicted octanol–water partition coefficient (Wildman–Crippen LogP) is 2.77. The first-order valence-corrected chi connectivity index (χ1v) is 5.07. The quantitative estimate of drug-likeness (QED) is 0.782. The largest absolute Gasteiger partial charge is 0.326 e. The molecule has 0 heterocycles. The first-order chi connectivity index (χ1) is 6.69. The maximum atomic E-state index is 11.0. The molecule has 0 saturated carbocycles. The average molecular weight is 191 g/mol. The molecule has 0 saturated heterocycles. The van der Waals surface area contributed by atoms with E-state index in [1.54, 1.807) is 6.92 Å². The molecule has 1 aromatic carbocycles. The summed E-state index contributed by atoms with van der Waals surface area (Å²) in [7, 11) is 0. The highest BCUT2D eigenvalue weighted by molar-refractivity contribution is 5.90. The van der Waals surface area contributed by atoms with Crippen molar-refractivity contribution in [2.45, 2.75) is 33.6 Å². The van der Waals surface area contributed by atoms with E-state index in [1.807, 2.05) is 6.07 Å². The lowest BCUT2D eigenvalue weighted by molar-refractivity contribution is -0.114. The summed E-state index contributed by atoms with van der Waals surface area (Å²) in [6, 6.07) is 6.16. The molecule has 1 N–H and O–H groups in total. The van der Waals surface area contributed by atoms with E-state index in [1.165, 1.54) is 11.1 Å². The van der Waals surface area contributed by atoms with E-state index in [2.05, 4.69) is 31.3 Å². The van der Waals surface area contributed by atoms with Crippen LogP contribution >= 0.6 is 0 Å². The normalized spacial score (nSPS) is 9.93. The number of benzene rings is 1. The third kappa shape index (κ3) is 2.34. The van der Waals surface area contributed by atoms with Gasteiger partial charge in [0.05, 0.1) is 0 Å². The lowest BCUT2D eigenvalue weighted by atomic mass is 10.0. The van der Waals surface area contributed by atoms with Gasteiger partial charge in [-0.3, -0.25) is 4.79 Å². The highest BCUT2D eigenvalue weighted by atomic mass is 16.1. The van der Waals surface area contributed by atoms with E-state index in [9.17, 15) is 4.79 Å². The molecule has 2 heteroatoms. The monoisotopic (exact) mass is 191 g/mol. The molecule has 0 aromatic heterocycles. The molecule has 1 amide bonds. The van der Waals surface area contributed by atoms with Crippen molar-refractivity contribution >= 4 is 11.6 Å². The van der Waals surface area contributed by atoms with E-state index in [-0.39, 0.29) is 5.91 Å². The van der Waals surface area contributed by atoms with Crippen LogP contribution in [0.1, 0.15) is 31.9 Å². The first-order valence-electron chi connectivity index (χ1n) is 5.07. The third-order valence-corrected chi connectivity index (χ3v) is 2.30. The molecule has 0 fully saturated rings. The van der Waals surface area contributed by atoms with Crippen molar-refractivity contribution in [3.05, 3.63) is 29.3 Å². The van der Waals surface area contributed by atoms with E-state index < -0.39 is 0 Å². The van der Waals surface area contributed by atoms with Crippen LogP contribution in [0.15, 0.2) is 18.2 Å². The van der Waals surface area contributed by atoms with Gasteiger partial charge in [-0.1, -0.05) is 32.0 Å². The fourth-order valence-electron chi connectivity index (χ4n) is 1.58. The first kappa shape index (κ1) is 10.8. The van der Waals surface area contributed by atoms with Crippen LogP contribution in [0.5, 0.6) is 0 Å². The van der Waals surface area contributed by atoms with Crippen LogP contribution in [0.3, 0.4) is 0 Å². The van der Waals surface area contributed by atoms with Crippen molar-refractivity contribution in [3.63, 3.8) is 0 Å². The molecule has 14 heavy (non-hydrogen) atoms. The molecule has 1 aromatic rings. The van der Waals surface area contributed by atoms with E-state index in [0.29, 0.717) is 0 Å². The second kappa shape index (κ2) is 4.80. The number of hydrogen-bond donors (Lipinski definition) is 1. The zero-order valence-electron chi connectivity index (χ0n) is 9.05. The highest BCUT2D eigenvalue weighted by Gasteiger charge is 2.06. The second-order valence-corrected chi connectivity index (χ2v) is 3.34. The van der Waals surface area contributed by atoms with Gasteiger partial charge in [-0.2, -0.15) is 0 Å². The predicted molar refractivity (Wildman–Crippen MR) is 59.5 cm³/mol. The lowest BCUT2D eigenvalue weighted by Gasteiger charge is -2.12. The molecule has 0 atom stereocenters. The summed E-state index contributed by atoms with van der Waals surface area (Å²) in [5, 5.41) is 2.90. The number of para-hydroxylation sites is 1. The Kier molecular flexibility index (Phi) is 3.69. The minimum atomic E-state index is 0.000556. The number of carbonyl (C=O) groups excluding carboxylic acids is 1. The van der Waals surface area contributed by atoms with Crippen LogP contribution in [0.4, 0.5) is 5.69 Å². The molecule has 2 nitrogen and oxygen atoms in total. The number of aryl methyl sites for hydroxylation is 2. The second-order valence-electron chi connectivity index (χ2n) is 3.34. The zero-order chi connectivity index (χ0) is 10.6. The summed E-state index contributed by atoms with van der Waals surface area (Å²) in [6.07, 6.45) is 1.90. The SMILES string of the molecule is CCc1cccc(CC)c1NC(C)=O. The van der Waals surface area contributed by atoms with Gasteiger partial charge in [0, 0.05) is 12.6 Å². The van der Waals surface area contributed by atoms with Crippen LogP contribution in [0.2, 0.25) is 0 Å². The fraction of sp³-hybridized carbons (Fsp3) is 0.417. The van der Waals surface area contributed by atoms with Crippen molar-refractivity contribution in [1.29, 1.82) is 0 Å². The Balaban J connectivity index is 3.12. The van der Waals surface area contributed by atoms with Gasteiger partial charge in [-0.25, -0.2) is 0 Å². The Morgan fingerprint density at radius 2 is 1.71 bits per heavy atom. The van der Waals surface area contributed by atoms with Crippen molar-refractivity contribution in [2.24, 2.45) is 0 Å². The summed E-state index contributed by atoms with van der Waals surface area (Å²) in [5.41, 5.74) is 3.42. The molecule has 0 aliphatic rings. The van der Waals surface area contributed by atoms with Crippen LogP contribution < -0.4 is 5.32 Å². The summed E-state index contributed by atoms with van der Waals surface area (Å²) in [4.78, 5) is 11.0. The average Bonchev–Trinajstić information content (AvgIpc) is 2.17. The topological polar surface area (TPSA) is 29.1 Å². The lowest BCUT2D eigenvalue weighted by Crippen LogP contribution is -2.10. The number of nitrogens with one attached hydrogen (secondary N) is 1. The van der Waals surface area contributed by atoms with E-state index >= 15 is 0 Å². The van der Waals surface area contributed by atoms with Gasteiger partial charge in [-0.05, 0) is 24.0 Å². The highest BCUT2D eigenvalue weighted by Crippen LogP contribution is 2.22. The van der Waals surface area contributed by atoms with E-state index in [0.717, 1.165) is 18.5 Å². The summed E-state index contributed by atoms with van der Waals surface area (Å²) >= 11 is 0. The van der Waals surface area contributed by atoms with Crippen LogP contribution in [-0.4, -0.2) is 5.91 Å². The summed E-state index contributed by atoms with van der Waals surface area (Å²) in [6.45, 7) is 5.74. The Hall–Kier alpha value is -1.31. The molecular formula is C12H17NO. The van der Waals surface area contributed by atoms with Crippen molar-refractivity contribution in [3.8, 4) is 0 Å². The number of rotatable bonds is 3. The minimum Gasteiger partial charge on any atom is -0.326 e. The van der Waals surface area contributed by atoms with Gasteiger partial charge < -0.3 is 5.32 Å². The van der Waals surface area contributed by atoms with Crippen LogP contribution in [0, 0.1) is 0 Å². The standard InChI is InChI=1S/C12H17NO/c1-4-10-7-6-8-11(5-2)12(10)13-9(3)14/h6-8H,4-5H2,1-3H3,(H,13,14). The van der Waals surface area contributed by atoms with Crippen molar-refractivity contribution < 1.29 is 4.79 Å². The van der Waals surface area contributed by atoms with Gasteiger partial charge in [0.2, 0.25) is 5.91 Å². The zero-order valence-corrected chi connectivity index (χ0v) is 9.05. The van der Waals surface area contributed by atoms with E-state index in [4.69, 9.17) is 0 Å². The Labute approximate surface area is 85.3 Å². The smallest absolute Gasteiger partial charge is 0.221 e. The van der Waals surface area contributed by atoms with Crippen molar-refractivity contribution in [1.82, 2.24) is 0 Å². The Morgan fingerprint density at radius 1 is 1.21 bits per heavy atom. The Morgan fingerprint density at radius 3 is 2.07 bits per heavy atom. The Bertz CT molecular complexity index is 309. The molecular weight excluding hydrogens is 174 g/mol. The molecule has 0 aliphatic carbocycles. The summed E-state index contributed by atoms with van der Waals surface area (Å²) < 4.78 is 0. The summed E-state index contributed by atoms with van der Waals surface area (Å²) in [5.74, 6) is 0.000556. The van der Waals surface area contributed by atoms with Gasteiger partial charge in [0.15, 0.2) is 0 Å². The maximum absolute atomic E-state index is 11.0. The van der Waals surface area contributed by atoms with Gasteiger partial charge in [0.1, 0.15) is 0 Å². The minimum absolute atomic E-state index is 0.000556. The molecule has 0 spiro atoms. The number of anilines is 1.